The lowest BCUT2D eigenvalue weighted by Gasteiger charge is -2.33. The highest BCUT2D eigenvalue weighted by Gasteiger charge is 2.40. The molecule has 3 aromatic carbocycles. The van der Waals surface area contributed by atoms with Crippen molar-refractivity contribution in [2.75, 3.05) is 24.5 Å². The zero-order valence-corrected chi connectivity index (χ0v) is 25.4. The van der Waals surface area contributed by atoms with Crippen LogP contribution in [0.3, 0.4) is 0 Å². The Morgan fingerprint density at radius 1 is 0.952 bits per heavy atom. The van der Waals surface area contributed by atoms with Crippen molar-refractivity contribution >= 4 is 51.8 Å². The summed E-state index contributed by atoms with van der Waals surface area (Å²) in [5.41, 5.74) is 3.05. The van der Waals surface area contributed by atoms with Gasteiger partial charge in [-0.3, -0.25) is 19.2 Å². The first-order valence-corrected chi connectivity index (χ1v) is 15.5. The summed E-state index contributed by atoms with van der Waals surface area (Å²) in [5, 5.41) is 10.6. The smallest absolute Gasteiger partial charge is 0.306 e. The van der Waals surface area contributed by atoms with Crippen molar-refractivity contribution in [1.82, 2.24) is 4.90 Å². The first-order valence-electron chi connectivity index (χ1n) is 14.5. The van der Waals surface area contributed by atoms with E-state index in [1.54, 1.807) is 17.9 Å². The predicted molar refractivity (Wildman–Crippen MR) is 167 cm³/mol. The lowest BCUT2D eigenvalue weighted by Crippen LogP contribution is -2.45. The van der Waals surface area contributed by atoms with E-state index in [-0.39, 0.29) is 34.7 Å². The topological polar surface area (TPSA) is 95.0 Å². The minimum atomic E-state index is -0.824. The van der Waals surface area contributed by atoms with Crippen LogP contribution in [-0.4, -0.2) is 58.5 Å². The van der Waals surface area contributed by atoms with Gasteiger partial charge < -0.3 is 14.9 Å². The molecule has 7 nitrogen and oxygen atoms in total. The number of aliphatic carboxylic acids is 1. The Labute approximate surface area is 251 Å². The van der Waals surface area contributed by atoms with Gasteiger partial charge in [-0.15, -0.1) is 11.8 Å². The molecular formula is C34H38N2O5S. The number of piperidine rings is 1. The van der Waals surface area contributed by atoms with E-state index < -0.39 is 17.1 Å². The number of rotatable bonds is 6. The van der Waals surface area contributed by atoms with Crippen LogP contribution in [0.2, 0.25) is 0 Å². The van der Waals surface area contributed by atoms with Crippen LogP contribution in [0.15, 0.2) is 60.7 Å². The molecule has 0 saturated carbocycles. The van der Waals surface area contributed by atoms with E-state index in [9.17, 15) is 24.3 Å². The predicted octanol–water partition coefficient (Wildman–Crippen LogP) is 6.34. The number of hydrogen-bond donors (Lipinski definition) is 1. The number of carbonyl (C=O) groups is 4. The van der Waals surface area contributed by atoms with Gasteiger partial charge in [0.2, 0.25) is 11.8 Å². The number of carbonyl (C=O) groups excluding carboxylic acids is 3. The van der Waals surface area contributed by atoms with Crippen molar-refractivity contribution < 1.29 is 24.3 Å². The highest BCUT2D eigenvalue weighted by molar-refractivity contribution is 8.01. The molecule has 8 heteroatoms. The summed E-state index contributed by atoms with van der Waals surface area (Å²) >= 11 is 1.47. The molecule has 0 aliphatic carbocycles. The molecule has 0 bridgehead atoms. The van der Waals surface area contributed by atoms with Crippen LogP contribution < -0.4 is 4.90 Å². The maximum Gasteiger partial charge on any atom is 0.306 e. The van der Waals surface area contributed by atoms with Crippen molar-refractivity contribution in [1.29, 1.82) is 0 Å². The molecule has 2 unspecified atom stereocenters. The van der Waals surface area contributed by atoms with Crippen LogP contribution in [0.1, 0.15) is 73.7 Å². The number of Topliss-reactive ketones (excluding diaryl/α,β-unsaturated/α-hetero) is 1. The van der Waals surface area contributed by atoms with Crippen LogP contribution >= 0.6 is 11.8 Å². The normalized spacial score (nSPS) is 19.9. The summed E-state index contributed by atoms with van der Waals surface area (Å²) in [6.07, 6.45) is 0.860. The fourth-order valence-electron chi connectivity index (χ4n) is 5.97. The molecule has 2 amide bonds. The molecule has 1 saturated heterocycles. The molecule has 2 aliphatic rings. The maximum atomic E-state index is 14.4. The Kier molecular flexibility index (Phi) is 8.46. The Morgan fingerprint density at radius 2 is 1.64 bits per heavy atom. The van der Waals surface area contributed by atoms with Gasteiger partial charge >= 0.3 is 5.97 Å². The van der Waals surface area contributed by atoms with Crippen LogP contribution in [-0.2, 0) is 14.4 Å². The number of hydrogen-bond acceptors (Lipinski definition) is 5. The third-order valence-corrected chi connectivity index (χ3v) is 9.62. The van der Waals surface area contributed by atoms with Crippen molar-refractivity contribution in [2.24, 2.45) is 11.3 Å². The van der Waals surface area contributed by atoms with Crippen LogP contribution in [0, 0.1) is 11.3 Å². The van der Waals surface area contributed by atoms with Gasteiger partial charge in [0.1, 0.15) is 0 Å². The summed E-state index contributed by atoms with van der Waals surface area (Å²) in [6, 6.07) is 19.9. The third kappa shape index (κ3) is 6.24. The number of fused-ring (bicyclic) bond motifs is 2. The molecule has 0 radical (unpaired) electrons. The second-order valence-electron chi connectivity index (χ2n) is 12.6. The molecule has 220 valence electrons. The van der Waals surface area contributed by atoms with E-state index in [4.69, 9.17) is 0 Å². The number of ketones is 1. The number of carboxylic acid groups (broad SMARTS) is 1. The van der Waals surface area contributed by atoms with Crippen molar-refractivity contribution in [3.8, 4) is 0 Å². The second-order valence-corrected chi connectivity index (χ2v) is 13.9. The monoisotopic (exact) mass is 586 g/mol. The molecule has 3 aromatic rings. The Balaban J connectivity index is 1.60. The first-order chi connectivity index (χ1) is 19.9. The standard InChI is InChI=1S/C34H38N2O5S/c1-21(37)24-12-13-28-27(18-24)31(26-11-7-9-22-8-5-6-10-25(22)26)42-29(32(39)36(28)20-34(2,3)4)19-30(38)35-16-14-23(15-17-35)33(40)41/h5-13,18,23,29,31H,14-17,19-20H2,1-4H3,(H,40,41). The van der Waals surface area contributed by atoms with E-state index in [0.29, 0.717) is 38.0 Å². The van der Waals surface area contributed by atoms with Gasteiger partial charge in [-0.1, -0.05) is 63.2 Å². The Bertz CT molecular complexity index is 1530. The second kappa shape index (κ2) is 11.9. The first kappa shape index (κ1) is 29.8. The van der Waals surface area contributed by atoms with Crippen LogP contribution in [0.25, 0.3) is 10.8 Å². The highest BCUT2D eigenvalue weighted by Crippen LogP contribution is 2.49. The minimum absolute atomic E-state index is 0.0245. The molecule has 1 N–H and O–H groups in total. The summed E-state index contributed by atoms with van der Waals surface area (Å²) in [6.45, 7) is 9.00. The summed E-state index contributed by atoms with van der Waals surface area (Å²) < 4.78 is 0. The molecule has 5 rings (SSSR count). The molecular weight excluding hydrogens is 548 g/mol. The van der Waals surface area contributed by atoms with Gasteiger partial charge in [-0.2, -0.15) is 0 Å². The summed E-state index contributed by atoms with van der Waals surface area (Å²) in [5.74, 6) is -1.56. The number of amides is 2. The summed E-state index contributed by atoms with van der Waals surface area (Å²) in [4.78, 5) is 55.5. The number of benzene rings is 3. The van der Waals surface area contributed by atoms with E-state index >= 15 is 0 Å². The van der Waals surface area contributed by atoms with E-state index in [2.05, 4.69) is 45.0 Å². The SMILES string of the molecule is CC(=O)c1ccc2c(c1)C(c1cccc3ccccc13)SC(CC(=O)N1CCC(C(=O)O)CC1)C(=O)N2CC(C)(C)C. The van der Waals surface area contributed by atoms with Gasteiger partial charge in [0.05, 0.1) is 16.4 Å². The average molecular weight is 587 g/mol. The highest BCUT2D eigenvalue weighted by atomic mass is 32.2. The van der Waals surface area contributed by atoms with E-state index in [1.807, 2.05) is 35.2 Å². The van der Waals surface area contributed by atoms with Crippen LogP contribution in [0.4, 0.5) is 5.69 Å². The quantitative estimate of drug-likeness (QED) is 0.339. The van der Waals surface area contributed by atoms with Crippen molar-refractivity contribution in [3.63, 3.8) is 0 Å². The van der Waals surface area contributed by atoms with Gasteiger partial charge in [0.25, 0.3) is 0 Å². The number of thioether (sulfide) groups is 1. The average Bonchev–Trinajstić information content (AvgIpc) is 3.06. The molecule has 2 heterocycles. The van der Waals surface area contributed by atoms with E-state index in [0.717, 1.165) is 27.6 Å². The molecule has 0 spiro atoms. The fourth-order valence-corrected chi connectivity index (χ4v) is 7.47. The molecule has 2 atom stereocenters. The maximum absolute atomic E-state index is 14.4. The lowest BCUT2D eigenvalue weighted by atomic mass is 9.92. The number of anilines is 1. The number of carboxylic acids is 1. The Hall–Kier alpha value is -3.65. The van der Waals surface area contributed by atoms with Crippen molar-refractivity contribution in [2.45, 2.75) is 57.5 Å². The largest absolute Gasteiger partial charge is 0.481 e. The van der Waals surface area contributed by atoms with E-state index in [1.165, 1.54) is 11.8 Å². The molecule has 0 aromatic heterocycles. The zero-order valence-electron chi connectivity index (χ0n) is 24.6. The molecule has 1 fully saturated rings. The molecule has 42 heavy (non-hydrogen) atoms. The Morgan fingerprint density at radius 3 is 2.31 bits per heavy atom. The van der Waals surface area contributed by atoms with Gasteiger partial charge in [-0.05, 0) is 65.3 Å². The third-order valence-electron chi connectivity index (χ3n) is 8.14. The van der Waals surface area contributed by atoms with Gasteiger partial charge in [-0.25, -0.2) is 0 Å². The number of likely N-dealkylation sites (tertiary alicyclic amines) is 1. The van der Waals surface area contributed by atoms with Crippen molar-refractivity contribution in [3.05, 3.63) is 77.4 Å². The molecule has 2 aliphatic heterocycles. The fraction of sp³-hybridized carbons (Fsp3) is 0.412. The number of nitrogens with zero attached hydrogens (tertiary/aromatic N) is 2. The lowest BCUT2D eigenvalue weighted by molar-refractivity contribution is -0.145. The van der Waals surface area contributed by atoms with Gasteiger partial charge in [0, 0.05) is 37.3 Å². The summed E-state index contributed by atoms with van der Waals surface area (Å²) in [7, 11) is 0. The minimum Gasteiger partial charge on any atom is -0.481 e. The zero-order chi connectivity index (χ0) is 30.2. The van der Waals surface area contributed by atoms with Gasteiger partial charge in [0.15, 0.2) is 5.78 Å². The van der Waals surface area contributed by atoms with Crippen LogP contribution in [0.5, 0.6) is 0 Å².